The first-order chi connectivity index (χ1) is 11.8. The number of amides is 1. The number of aliphatic hydroxyl groups is 1. The van der Waals surface area contributed by atoms with Crippen LogP contribution in [0.25, 0.3) is 0 Å². The molecular formula is C21H23NO2. The van der Waals surface area contributed by atoms with Crippen molar-refractivity contribution in [2.75, 3.05) is 6.61 Å². The number of carbonyl (C=O) groups is 1. The maximum atomic E-state index is 13.3. The maximum Gasteiger partial charge on any atom is 0.254 e. The molecule has 0 spiro atoms. The van der Waals surface area contributed by atoms with Gasteiger partial charge in [-0.3, -0.25) is 4.79 Å². The van der Waals surface area contributed by atoms with Crippen LogP contribution in [0.15, 0.2) is 67.3 Å². The smallest absolute Gasteiger partial charge is 0.254 e. The first-order valence-electron chi connectivity index (χ1n) is 8.43. The van der Waals surface area contributed by atoms with Crippen molar-refractivity contribution >= 4 is 5.91 Å². The molecule has 24 heavy (non-hydrogen) atoms. The van der Waals surface area contributed by atoms with Crippen LogP contribution < -0.4 is 0 Å². The van der Waals surface area contributed by atoms with Crippen molar-refractivity contribution in [1.82, 2.24) is 4.90 Å². The predicted molar refractivity (Wildman–Crippen MR) is 95.8 cm³/mol. The van der Waals surface area contributed by atoms with Crippen LogP contribution in [-0.4, -0.2) is 28.6 Å². The van der Waals surface area contributed by atoms with Gasteiger partial charge in [-0.15, -0.1) is 6.58 Å². The Hall–Kier alpha value is -2.39. The number of hydrogen-bond donors (Lipinski definition) is 1. The van der Waals surface area contributed by atoms with Crippen LogP contribution in [-0.2, 0) is 6.42 Å². The van der Waals surface area contributed by atoms with Crippen LogP contribution >= 0.6 is 0 Å². The van der Waals surface area contributed by atoms with E-state index in [0.29, 0.717) is 0 Å². The minimum atomic E-state index is -0.338. The molecule has 0 radical (unpaired) electrons. The average Bonchev–Trinajstić information content (AvgIpc) is 2.76. The average molecular weight is 321 g/mol. The number of carbonyl (C=O) groups excluding carboxylic acids is 1. The zero-order valence-electron chi connectivity index (χ0n) is 13.8. The second kappa shape index (κ2) is 7.45. The van der Waals surface area contributed by atoms with Gasteiger partial charge in [0.15, 0.2) is 0 Å². The molecule has 0 fully saturated rings. The Balaban J connectivity index is 2.05. The Labute approximate surface area is 143 Å². The molecule has 1 aliphatic rings. The highest BCUT2D eigenvalue weighted by Crippen LogP contribution is 2.32. The monoisotopic (exact) mass is 321 g/mol. The molecule has 2 aromatic carbocycles. The van der Waals surface area contributed by atoms with Gasteiger partial charge >= 0.3 is 0 Å². The number of fused-ring (bicyclic) bond motifs is 1. The molecule has 3 rings (SSSR count). The van der Waals surface area contributed by atoms with Gasteiger partial charge in [0.25, 0.3) is 5.91 Å². The molecule has 0 bridgehead atoms. The summed E-state index contributed by atoms with van der Waals surface area (Å²) in [5.41, 5.74) is 2.80. The second-order valence-corrected chi connectivity index (χ2v) is 6.20. The quantitative estimate of drug-likeness (QED) is 0.852. The first-order valence-corrected chi connectivity index (χ1v) is 8.43. The number of benzene rings is 2. The minimum Gasteiger partial charge on any atom is -0.394 e. The Bertz CT molecular complexity index is 711. The molecule has 0 aliphatic carbocycles. The van der Waals surface area contributed by atoms with E-state index in [4.69, 9.17) is 0 Å². The van der Waals surface area contributed by atoms with Crippen molar-refractivity contribution in [2.45, 2.75) is 31.3 Å². The van der Waals surface area contributed by atoms with Gasteiger partial charge in [0, 0.05) is 11.6 Å². The third-order valence-electron chi connectivity index (χ3n) is 4.75. The Morgan fingerprint density at radius 2 is 1.88 bits per heavy atom. The SMILES string of the molecule is C=CC[C@@H]1CCc2ccccc2C(=O)N1[C@@H](CO)c1ccccc1. The van der Waals surface area contributed by atoms with Gasteiger partial charge in [-0.05, 0) is 36.5 Å². The molecule has 0 aromatic heterocycles. The molecular weight excluding hydrogens is 298 g/mol. The van der Waals surface area contributed by atoms with E-state index >= 15 is 0 Å². The zero-order valence-corrected chi connectivity index (χ0v) is 13.8. The Morgan fingerprint density at radius 1 is 1.17 bits per heavy atom. The van der Waals surface area contributed by atoms with Crippen molar-refractivity contribution in [3.8, 4) is 0 Å². The van der Waals surface area contributed by atoms with E-state index in [1.165, 1.54) is 0 Å². The molecule has 2 atom stereocenters. The van der Waals surface area contributed by atoms with Crippen LogP contribution in [0, 0.1) is 0 Å². The zero-order chi connectivity index (χ0) is 16.9. The lowest BCUT2D eigenvalue weighted by Gasteiger charge is -2.36. The number of hydrogen-bond acceptors (Lipinski definition) is 2. The first kappa shape index (κ1) is 16.5. The molecule has 124 valence electrons. The van der Waals surface area contributed by atoms with Crippen molar-refractivity contribution in [2.24, 2.45) is 0 Å². The van der Waals surface area contributed by atoms with Crippen LogP contribution in [0.2, 0.25) is 0 Å². The third kappa shape index (κ3) is 3.13. The van der Waals surface area contributed by atoms with Gasteiger partial charge in [-0.25, -0.2) is 0 Å². The summed E-state index contributed by atoms with van der Waals surface area (Å²) in [4.78, 5) is 15.1. The van der Waals surface area contributed by atoms with Gasteiger partial charge in [-0.1, -0.05) is 54.6 Å². The van der Waals surface area contributed by atoms with E-state index in [0.717, 1.165) is 36.0 Å². The fourth-order valence-corrected chi connectivity index (χ4v) is 3.56. The molecule has 3 heteroatoms. The van der Waals surface area contributed by atoms with E-state index < -0.39 is 0 Å². The molecule has 1 N–H and O–H groups in total. The number of aryl methyl sites for hydroxylation is 1. The van der Waals surface area contributed by atoms with Crippen molar-refractivity contribution in [1.29, 1.82) is 0 Å². The lowest BCUT2D eigenvalue weighted by Crippen LogP contribution is -2.43. The van der Waals surface area contributed by atoms with Gasteiger partial charge in [0.05, 0.1) is 12.6 Å². The fourth-order valence-electron chi connectivity index (χ4n) is 3.56. The van der Waals surface area contributed by atoms with Crippen LogP contribution in [0.5, 0.6) is 0 Å². The van der Waals surface area contributed by atoms with E-state index in [2.05, 4.69) is 6.58 Å². The van der Waals surface area contributed by atoms with Crippen molar-refractivity contribution in [3.63, 3.8) is 0 Å². The summed E-state index contributed by atoms with van der Waals surface area (Å²) in [6.07, 6.45) is 4.32. The lowest BCUT2D eigenvalue weighted by molar-refractivity contribution is 0.0460. The molecule has 0 saturated carbocycles. The van der Waals surface area contributed by atoms with E-state index in [9.17, 15) is 9.90 Å². The molecule has 2 aromatic rings. The van der Waals surface area contributed by atoms with Crippen molar-refractivity contribution < 1.29 is 9.90 Å². The molecule has 1 heterocycles. The molecule has 0 unspecified atom stereocenters. The Kier molecular flexibility index (Phi) is 5.11. The Morgan fingerprint density at radius 3 is 2.58 bits per heavy atom. The number of aliphatic hydroxyl groups excluding tert-OH is 1. The highest BCUT2D eigenvalue weighted by molar-refractivity contribution is 5.96. The van der Waals surface area contributed by atoms with E-state index in [1.54, 1.807) is 0 Å². The van der Waals surface area contributed by atoms with E-state index in [-0.39, 0.29) is 24.6 Å². The maximum absolute atomic E-state index is 13.3. The molecule has 1 aliphatic heterocycles. The van der Waals surface area contributed by atoms with Gasteiger partial charge < -0.3 is 10.0 Å². The van der Waals surface area contributed by atoms with Gasteiger partial charge in [-0.2, -0.15) is 0 Å². The minimum absolute atomic E-state index is 0.00199. The summed E-state index contributed by atoms with van der Waals surface area (Å²) in [6, 6.07) is 17.3. The molecule has 3 nitrogen and oxygen atoms in total. The summed E-state index contributed by atoms with van der Waals surface area (Å²) in [6.45, 7) is 3.76. The third-order valence-corrected chi connectivity index (χ3v) is 4.75. The number of rotatable bonds is 5. The van der Waals surface area contributed by atoms with Crippen LogP contribution in [0.4, 0.5) is 0 Å². The molecule has 1 amide bonds. The summed E-state index contributed by atoms with van der Waals surface area (Å²) >= 11 is 0. The largest absolute Gasteiger partial charge is 0.394 e. The van der Waals surface area contributed by atoms with Crippen LogP contribution in [0.3, 0.4) is 0 Å². The predicted octanol–water partition coefficient (Wildman–Crippen LogP) is 3.75. The standard InChI is InChI=1S/C21H23NO2/c1-2-8-18-14-13-16-9-6-7-12-19(16)21(24)22(18)20(15-23)17-10-4-3-5-11-17/h2-7,9-12,18,20,23H,1,8,13-15H2/t18-,20+/m1/s1. The van der Waals surface area contributed by atoms with Gasteiger partial charge in [0.2, 0.25) is 0 Å². The summed E-state index contributed by atoms with van der Waals surface area (Å²) in [5.74, 6) is -0.00199. The van der Waals surface area contributed by atoms with E-state index in [1.807, 2.05) is 65.6 Å². The number of nitrogens with zero attached hydrogens (tertiary/aromatic N) is 1. The summed E-state index contributed by atoms with van der Waals surface area (Å²) in [5, 5.41) is 10.1. The normalized spacial score (nSPS) is 18.6. The van der Waals surface area contributed by atoms with Crippen LogP contribution in [0.1, 0.15) is 40.4 Å². The summed E-state index contributed by atoms with van der Waals surface area (Å²) < 4.78 is 0. The molecule has 0 saturated heterocycles. The fraction of sp³-hybridized carbons (Fsp3) is 0.286. The second-order valence-electron chi connectivity index (χ2n) is 6.20. The highest BCUT2D eigenvalue weighted by Gasteiger charge is 2.34. The lowest BCUT2D eigenvalue weighted by atomic mass is 10.00. The highest BCUT2D eigenvalue weighted by atomic mass is 16.3. The topological polar surface area (TPSA) is 40.5 Å². The summed E-state index contributed by atoms with van der Waals surface area (Å²) in [7, 11) is 0. The van der Waals surface area contributed by atoms with Gasteiger partial charge in [0.1, 0.15) is 0 Å². The van der Waals surface area contributed by atoms with Crippen molar-refractivity contribution in [3.05, 3.63) is 83.9 Å².